The van der Waals surface area contributed by atoms with Gasteiger partial charge in [-0.3, -0.25) is 4.79 Å². The van der Waals surface area contributed by atoms with Crippen LogP contribution in [0, 0.1) is 19.8 Å². The molecule has 0 radical (unpaired) electrons. The van der Waals surface area contributed by atoms with Crippen molar-refractivity contribution in [2.24, 2.45) is 13.0 Å². The molecule has 0 aliphatic carbocycles. The van der Waals surface area contributed by atoms with Gasteiger partial charge >= 0.3 is 0 Å². The number of aromatic nitrogens is 1. The van der Waals surface area contributed by atoms with Gasteiger partial charge in [0.1, 0.15) is 5.69 Å². The molecule has 0 bridgehead atoms. The number of carbonyl (C=O) groups is 1. The van der Waals surface area contributed by atoms with Gasteiger partial charge in [-0.1, -0.05) is 32.0 Å². The zero-order valence-corrected chi connectivity index (χ0v) is 15.8. The molecule has 1 heterocycles. The minimum absolute atomic E-state index is 0.0288. The highest BCUT2D eigenvalue weighted by molar-refractivity contribution is 7.91. The third-order valence-corrected chi connectivity index (χ3v) is 6.17. The maximum atomic E-state index is 12.5. The second-order valence-corrected chi connectivity index (χ2v) is 9.00. The molecule has 2 aromatic rings. The first-order valence-corrected chi connectivity index (χ1v) is 9.99. The van der Waals surface area contributed by atoms with E-state index >= 15 is 0 Å². The highest BCUT2D eigenvalue weighted by Crippen LogP contribution is 2.27. The topological polar surface area (TPSA) is 68.2 Å². The average Bonchev–Trinajstić information content (AvgIpc) is 2.70. The zero-order valence-electron chi connectivity index (χ0n) is 15.0. The van der Waals surface area contributed by atoms with Crippen molar-refractivity contribution in [1.82, 2.24) is 9.88 Å². The van der Waals surface area contributed by atoms with Gasteiger partial charge in [0.25, 0.3) is 5.91 Å². The van der Waals surface area contributed by atoms with Crippen molar-refractivity contribution in [2.75, 3.05) is 18.1 Å². The summed E-state index contributed by atoms with van der Waals surface area (Å²) >= 11 is 0. The summed E-state index contributed by atoms with van der Waals surface area (Å²) in [5.74, 6) is -0.0203. The maximum Gasteiger partial charge on any atom is 0.268 e. The second kappa shape index (κ2) is 6.97. The van der Waals surface area contributed by atoms with Gasteiger partial charge in [0, 0.05) is 19.0 Å². The van der Waals surface area contributed by atoms with Crippen LogP contribution in [0.3, 0.4) is 0 Å². The third kappa shape index (κ3) is 3.80. The molecule has 0 aliphatic rings. The van der Waals surface area contributed by atoms with Crippen LogP contribution in [0.2, 0.25) is 0 Å². The second-order valence-electron chi connectivity index (χ2n) is 6.77. The number of fused-ring (bicyclic) bond motifs is 1. The molecule has 0 unspecified atom stereocenters. The average molecular weight is 350 g/mol. The lowest BCUT2D eigenvalue weighted by molar-refractivity contribution is 0.0948. The standard InChI is InChI=1S/C18H26N2O3S/c1-12(2)11-24(22,23)10-9-19-18(21)17-14(4)15-8-6-7-13(3)16(15)20(17)5/h6-8,12H,9-11H2,1-5H3,(H,19,21). The lowest BCUT2D eigenvalue weighted by atomic mass is 10.1. The van der Waals surface area contributed by atoms with Gasteiger partial charge < -0.3 is 9.88 Å². The molecule has 1 amide bonds. The Balaban J connectivity index is 2.17. The van der Waals surface area contributed by atoms with Gasteiger partial charge in [0.05, 0.1) is 17.0 Å². The van der Waals surface area contributed by atoms with Crippen LogP contribution >= 0.6 is 0 Å². The Kier molecular flexibility index (Phi) is 5.38. The number of hydrogen-bond acceptors (Lipinski definition) is 3. The predicted octanol–water partition coefficient (Wildman–Crippen LogP) is 2.60. The summed E-state index contributed by atoms with van der Waals surface area (Å²) in [4.78, 5) is 12.5. The summed E-state index contributed by atoms with van der Waals surface area (Å²) < 4.78 is 25.7. The van der Waals surface area contributed by atoms with E-state index < -0.39 is 9.84 Å². The minimum atomic E-state index is -3.13. The quantitative estimate of drug-likeness (QED) is 0.871. The molecule has 1 aromatic carbocycles. The molecule has 0 saturated heterocycles. The van der Waals surface area contributed by atoms with Crippen LogP contribution in [0.15, 0.2) is 18.2 Å². The molecular weight excluding hydrogens is 324 g/mol. The fourth-order valence-electron chi connectivity index (χ4n) is 3.22. The van der Waals surface area contributed by atoms with Crippen molar-refractivity contribution in [3.8, 4) is 0 Å². The van der Waals surface area contributed by atoms with E-state index in [4.69, 9.17) is 0 Å². The number of sulfone groups is 1. The number of nitrogens with zero attached hydrogens (tertiary/aromatic N) is 1. The fourth-order valence-corrected chi connectivity index (χ4v) is 4.81. The van der Waals surface area contributed by atoms with E-state index in [0.29, 0.717) is 5.69 Å². The Labute approximate surface area is 144 Å². The van der Waals surface area contributed by atoms with E-state index in [-0.39, 0.29) is 29.9 Å². The molecule has 0 aliphatic heterocycles. The van der Waals surface area contributed by atoms with Gasteiger partial charge in [-0.25, -0.2) is 8.42 Å². The predicted molar refractivity (Wildman–Crippen MR) is 98.2 cm³/mol. The van der Waals surface area contributed by atoms with Crippen LogP contribution in [0.5, 0.6) is 0 Å². The lowest BCUT2D eigenvalue weighted by Gasteiger charge is -2.10. The lowest BCUT2D eigenvalue weighted by Crippen LogP contribution is -2.32. The van der Waals surface area contributed by atoms with Crippen molar-refractivity contribution >= 4 is 26.6 Å². The first kappa shape index (κ1) is 18.5. The van der Waals surface area contributed by atoms with Gasteiger partial charge in [-0.2, -0.15) is 0 Å². The number of rotatable bonds is 6. The highest BCUT2D eigenvalue weighted by Gasteiger charge is 2.20. The van der Waals surface area contributed by atoms with E-state index in [0.717, 1.165) is 22.0 Å². The summed E-state index contributed by atoms with van der Waals surface area (Å²) in [6, 6.07) is 5.99. The number of hydrogen-bond donors (Lipinski definition) is 1. The number of amides is 1. The van der Waals surface area contributed by atoms with E-state index in [1.807, 2.05) is 57.5 Å². The molecule has 2 rings (SSSR count). The zero-order chi connectivity index (χ0) is 18.1. The van der Waals surface area contributed by atoms with Crippen LogP contribution in [0.4, 0.5) is 0 Å². The summed E-state index contributed by atoms with van der Waals surface area (Å²) in [7, 11) is -1.26. The van der Waals surface area contributed by atoms with Crippen molar-refractivity contribution < 1.29 is 13.2 Å². The molecule has 132 valence electrons. The Bertz CT molecular complexity index is 864. The van der Waals surface area contributed by atoms with Crippen LogP contribution in [-0.4, -0.2) is 36.9 Å². The molecule has 0 saturated carbocycles. The molecule has 1 N–H and O–H groups in total. The van der Waals surface area contributed by atoms with E-state index in [2.05, 4.69) is 5.32 Å². The Morgan fingerprint density at radius 1 is 1.25 bits per heavy atom. The van der Waals surface area contributed by atoms with Gasteiger partial charge in [-0.15, -0.1) is 0 Å². The van der Waals surface area contributed by atoms with Crippen LogP contribution in [0.1, 0.15) is 35.5 Å². The minimum Gasteiger partial charge on any atom is -0.350 e. The molecular formula is C18H26N2O3S. The van der Waals surface area contributed by atoms with Crippen molar-refractivity contribution in [2.45, 2.75) is 27.7 Å². The highest BCUT2D eigenvalue weighted by atomic mass is 32.2. The Morgan fingerprint density at radius 3 is 2.50 bits per heavy atom. The SMILES string of the molecule is Cc1c(C(=O)NCCS(=O)(=O)CC(C)C)n(C)c2c(C)cccc12. The van der Waals surface area contributed by atoms with Gasteiger partial charge in [-0.05, 0) is 30.9 Å². The Morgan fingerprint density at radius 2 is 1.92 bits per heavy atom. The normalized spacial score (nSPS) is 12.1. The number of nitrogens with one attached hydrogen (secondary N) is 1. The summed E-state index contributed by atoms with van der Waals surface area (Å²) in [6.07, 6.45) is 0. The number of para-hydroxylation sites is 1. The van der Waals surface area contributed by atoms with Crippen LogP contribution in [-0.2, 0) is 16.9 Å². The molecule has 5 nitrogen and oxygen atoms in total. The maximum absolute atomic E-state index is 12.5. The molecule has 1 aromatic heterocycles. The third-order valence-electron chi connectivity index (χ3n) is 4.17. The van der Waals surface area contributed by atoms with Crippen molar-refractivity contribution in [3.63, 3.8) is 0 Å². The number of carbonyl (C=O) groups excluding carboxylic acids is 1. The molecule has 0 spiro atoms. The first-order valence-electron chi connectivity index (χ1n) is 8.17. The van der Waals surface area contributed by atoms with Crippen molar-refractivity contribution in [1.29, 1.82) is 0 Å². The number of aryl methyl sites for hydroxylation is 3. The van der Waals surface area contributed by atoms with E-state index in [1.165, 1.54) is 0 Å². The van der Waals surface area contributed by atoms with Gasteiger partial charge in [0.15, 0.2) is 9.84 Å². The summed E-state index contributed by atoms with van der Waals surface area (Å²) in [5.41, 5.74) is 3.64. The van der Waals surface area contributed by atoms with E-state index in [9.17, 15) is 13.2 Å². The summed E-state index contributed by atoms with van der Waals surface area (Å²) in [6.45, 7) is 7.82. The van der Waals surface area contributed by atoms with Crippen LogP contribution < -0.4 is 5.32 Å². The summed E-state index contributed by atoms with van der Waals surface area (Å²) in [5, 5.41) is 3.80. The first-order chi connectivity index (χ1) is 11.1. The van der Waals surface area contributed by atoms with E-state index in [1.54, 1.807) is 0 Å². The molecule has 0 atom stereocenters. The molecule has 24 heavy (non-hydrogen) atoms. The monoisotopic (exact) mass is 350 g/mol. The fraction of sp³-hybridized carbons (Fsp3) is 0.500. The van der Waals surface area contributed by atoms with Gasteiger partial charge in [0.2, 0.25) is 0 Å². The number of benzene rings is 1. The smallest absolute Gasteiger partial charge is 0.268 e. The molecule has 0 fully saturated rings. The molecule has 6 heteroatoms. The Hall–Kier alpha value is -1.82. The van der Waals surface area contributed by atoms with Crippen molar-refractivity contribution in [3.05, 3.63) is 35.0 Å². The largest absolute Gasteiger partial charge is 0.350 e. The van der Waals surface area contributed by atoms with Crippen LogP contribution in [0.25, 0.3) is 10.9 Å².